The number of hydrogen-bond donors (Lipinski definition) is 9. The molecule has 5 rings (SSSR count). The van der Waals surface area contributed by atoms with Crippen LogP contribution in [-0.2, 0) is 16.9 Å². The predicted octanol–water partition coefficient (Wildman–Crippen LogP) is 4.23. The molecular formula is C41H56ClN5O9S. The lowest BCUT2D eigenvalue weighted by atomic mass is 9.96. The highest BCUT2D eigenvalue weighted by atomic mass is 35.5. The highest BCUT2D eigenvalue weighted by Gasteiger charge is 2.48. The van der Waals surface area contributed by atoms with Gasteiger partial charge in [-0.3, -0.25) is 4.98 Å². The Morgan fingerprint density at radius 1 is 0.842 bits per heavy atom. The van der Waals surface area contributed by atoms with Crippen molar-refractivity contribution in [1.82, 2.24) is 26.3 Å². The highest BCUT2D eigenvalue weighted by molar-refractivity contribution is 7.99. The largest absolute Gasteiger partial charge is 0.490 e. The van der Waals surface area contributed by atoms with E-state index in [9.17, 15) is 30.0 Å². The normalized spacial score (nSPS) is 16.5. The van der Waals surface area contributed by atoms with Gasteiger partial charge in [0.2, 0.25) is 0 Å². The fourth-order valence-corrected chi connectivity index (χ4v) is 7.32. The van der Waals surface area contributed by atoms with Crippen molar-refractivity contribution in [2.24, 2.45) is 0 Å². The molecule has 1 heterocycles. The quantitative estimate of drug-likeness (QED) is 0.0436. The Morgan fingerprint density at radius 3 is 2.19 bits per heavy atom. The van der Waals surface area contributed by atoms with Gasteiger partial charge in [0.25, 0.3) is 0 Å². The van der Waals surface area contributed by atoms with Crippen molar-refractivity contribution in [3.8, 4) is 16.9 Å². The zero-order valence-electron chi connectivity index (χ0n) is 32.1. The van der Waals surface area contributed by atoms with Crippen LogP contribution in [0.4, 0.5) is 9.59 Å². The van der Waals surface area contributed by atoms with Crippen LogP contribution < -0.4 is 26.0 Å². The summed E-state index contributed by atoms with van der Waals surface area (Å²) in [4.78, 5) is 29.6. The average molecular weight is 830 g/mol. The maximum atomic E-state index is 12.1. The maximum Gasteiger partial charge on any atom is 0.314 e. The molecule has 16 heteroatoms. The van der Waals surface area contributed by atoms with Crippen LogP contribution in [0.1, 0.15) is 68.9 Å². The molecule has 0 saturated heterocycles. The molecule has 2 aliphatic rings. The van der Waals surface area contributed by atoms with Gasteiger partial charge in [-0.15, -0.1) is 11.8 Å². The van der Waals surface area contributed by atoms with Gasteiger partial charge < -0.3 is 56.3 Å². The molecule has 4 amide bonds. The first-order valence-corrected chi connectivity index (χ1v) is 21.1. The predicted molar refractivity (Wildman–Crippen MR) is 218 cm³/mol. The molecule has 14 nitrogen and oxygen atoms in total. The number of rotatable bonds is 25. The van der Waals surface area contributed by atoms with Crippen molar-refractivity contribution in [1.29, 1.82) is 0 Å². The van der Waals surface area contributed by atoms with Crippen molar-refractivity contribution in [2.75, 3.05) is 38.5 Å². The summed E-state index contributed by atoms with van der Waals surface area (Å²) in [5.41, 5.74) is 3.78. The molecule has 0 spiro atoms. The molecule has 2 saturated carbocycles. The molecule has 57 heavy (non-hydrogen) atoms. The number of para-hydroxylation sites is 1. The molecule has 4 atom stereocenters. The van der Waals surface area contributed by atoms with Crippen LogP contribution in [0.3, 0.4) is 0 Å². The second-order valence-corrected chi connectivity index (χ2v) is 16.1. The summed E-state index contributed by atoms with van der Waals surface area (Å²) in [5.74, 6) is 1.84. The first kappa shape index (κ1) is 44.4. The van der Waals surface area contributed by atoms with E-state index in [1.165, 1.54) is 0 Å². The van der Waals surface area contributed by atoms with Crippen LogP contribution in [0.2, 0.25) is 5.02 Å². The molecule has 2 aliphatic carbocycles. The molecule has 0 radical (unpaired) electrons. The number of benzene rings is 2. The standard InChI is InChI=1S/C41H56ClN5O9S/c42-33-13-12-29(22-27(33)26-55-41(15-16-41)32-23-43-20-14-30(32)31-8-2-3-9-36(31)56-28-10-11-28)57-21-7-1-4-17-44-39(53)45-18-5-6-19-46-40(54)47-24-34(49)37(51)38(52)35(50)25-48/h2-3,8-9,12-14,20,22-23,28,34-35,37-38,48-52H,1,4-7,10-11,15-19,21,24-26H2,(H2,44,45,53)(H2,46,47,54)/t34-,35+,37+,38+/m0/s1. The second kappa shape index (κ2) is 22.5. The number of ether oxygens (including phenoxy) is 2. The first-order valence-electron chi connectivity index (χ1n) is 19.7. The molecule has 312 valence electrons. The number of nitrogens with zero attached hydrogens (tertiary/aromatic N) is 1. The van der Waals surface area contributed by atoms with Gasteiger partial charge in [0, 0.05) is 59.6 Å². The van der Waals surface area contributed by atoms with Crippen molar-refractivity contribution in [2.45, 2.75) is 105 Å². The van der Waals surface area contributed by atoms with Crippen LogP contribution in [-0.4, -0.2) is 112 Å². The molecule has 9 N–H and O–H groups in total. The molecule has 0 aliphatic heterocycles. The Bertz CT molecular complexity index is 1730. The van der Waals surface area contributed by atoms with E-state index in [2.05, 4.69) is 44.5 Å². The highest BCUT2D eigenvalue weighted by Crippen LogP contribution is 2.53. The Balaban J connectivity index is 0.919. The number of nitrogens with one attached hydrogen (secondary N) is 4. The minimum Gasteiger partial charge on any atom is -0.490 e. The summed E-state index contributed by atoms with van der Waals surface area (Å²) in [6.45, 7) is 0.569. The number of hydrogen-bond acceptors (Lipinski definition) is 11. The van der Waals surface area contributed by atoms with Gasteiger partial charge in [0.1, 0.15) is 24.1 Å². The zero-order chi connectivity index (χ0) is 40.6. The van der Waals surface area contributed by atoms with Gasteiger partial charge in [-0.25, -0.2) is 9.59 Å². The van der Waals surface area contributed by atoms with Gasteiger partial charge in [0.15, 0.2) is 0 Å². The van der Waals surface area contributed by atoms with Crippen molar-refractivity contribution in [3.05, 3.63) is 77.1 Å². The smallest absolute Gasteiger partial charge is 0.314 e. The van der Waals surface area contributed by atoms with Gasteiger partial charge in [-0.05, 0) is 98.6 Å². The van der Waals surface area contributed by atoms with Gasteiger partial charge in [0.05, 0.1) is 31.0 Å². The van der Waals surface area contributed by atoms with E-state index in [1.54, 1.807) is 11.8 Å². The van der Waals surface area contributed by atoms with Crippen molar-refractivity contribution < 1.29 is 44.6 Å². The van der Waals surface area contributed by atoms with Crippen molar-refractivity contribution >= 4 is 35.4 Å². The Morgan fingerprint density at radius 2 is 1.51 bits per heavy atom. The van der Waals surface area contributed by atoms with Crippen LogP contribution in [0.15, 0.2) is 65.8 Å². The zero-order valence-corrected chi connectivity index (χ0v) is 33.6. The van der Waals surface area contributed by atoms with Gasteiger partial charge in [-0.2, -0.15) is 0 Å². The Hall–Kier alpha value is -3.67. The number of carbonyl (C=O) groups excluding carboxylic acids is 2. The minimum absolute atomic E-state index is 0.243. The Labute approximate surface area is 343 Å². The number of carbonyl (C=O) groups is 2. The lowest BCUT2D eigenvalue weighted by Crippen LogP contribution is -2.50. The SMILES string of the molecule is O=C(NCCCCCSc1ccc(Cl)c(COC2(c3cnccc3-c3ccccc3OC3CC3)CC2)c1)NCCCCNC(=O)NC[C@H](O)[C@@H](O)[C@H](O)[C@H](O)CO. The van der Waals surface area contributed by atoms with Gasteiger partial charge in [-0.1, -0.05) is 36.2 Å². The van der Waals surface area contributed by atoms with E-state index in [1.807, 2.05) is 42.7 Å². The third-order valence-electron chi connectivity index (χ3n) is 9.88. The van der Waals surface area contributed by atoms with E-state index in [0.29, 0.717) is 50.2 Å². The van der Waals surface area contributed by atoms with E-state index in [-0.39, 0.29) is 12.6 Å². The average Bonchev–Trinajstić information content (AvgIpc) is 4.18. The minimum atomic E-state index is -1.76. The molecule has 1 aromatic heterocycles. The molecule has 2 aromatic carbocycles. The fourth-order valence-electron chi connectivity index (χ4n) is 6.18. The van der Waals surface area contributed by atoms with E-state index in [4.69, 9.17) is 26.2 Å². The lowest BCUT2D eigenvalue weighted by molar-refractivity contribution is -0.113. The summed E-state index contributed by atoms with van der Waals surface area (Å²) in [6, 6.07) is 15.5. The summed E-state index contributed by atoms with van der Waals surface area (Å²) in [5, 5.41) is 58.7. The summed E-state index contributed by atoms with van der Waals surface area (Å²) in [7, 11) is 0. The number of aliphatic hydroxyl groups is 5. The third kappa shape index (κ3) is 14.0. The molecule has 2 fully saturated rings. The number of aromatic nitrogens is 1. The maximum absolute atomic E-state index is 12.1. The second-order valence-electron chi connectivity index (χ2n) is 14.5. The molecular weight excluding hydrogens is 774 g/mol. The molecule has 0 bridgehead atoms. The number of urea groups is 2. The number of unbranched alkanes of at least 4 members (excludes halogenated alkanes) is 3. The van der Waals surface area contributed by atoms with E-state index in [0.717, 1.165) is 83.6 Å². The van der Waals surface area contributed by atoms with E-state index >= 15 is 0 Å². The van der Waals surface area contributed by atoms with Gasteiger partial charge >= 0.3 is 12.1 Å². The topological polar surface area (TPSA) is 215 Å². The fraction of sp³-hybridized carbons (Fsp3) is 0.537. The molecule has 3 aromatic rings. The number of pyridine rings is 1. The third-order valence-corrected chi connectivity index (χ3v) is 11.3. The van der Waals surface area contributed by atoms with Crippen LogP contribution in [0.5, 0.6) is 5.75 Å². The molecule has 0 unspecified atom stereocenters. The summed E-state index contributed by atoms with van der Waals surface area (Å²) in [6.07, 6.45) is 5.46. The first-order chi connectivity index (χ1) is 27.6. The number of aliphatic hydroxyl groups excluding tert-OH is 5. The number of halogens is 1. The Kier molecular flexibility index (Phi) is 17.5. The monoisotopic (exact) mass is 829 g/mol. The van der Waals surface area contributed by atoms with E-state index < -0.39 is 42.7 Å². The summed E-state index contributed by atoms with van der Waals surface area (Å²) >= 11 is 8.42. The van der Waals surface area contributed by atoms with Crippen molar-refractivity contribution in [3.63, 3.8) is 0 Å². The lowest BCUT2D eigenvalue weighted by Gasteiger charge is -2.25. The van der Waals surface area contributed by atoms with Crippen LogP contribution in [0, 0.1) is 0 Å². The number of amides is 4. The summed E-state index contributed by atoms with van der Waals surface area (Å²) < 4.78 is 12.9. The number of thioether (sulfide) groups is 1. The van der Waals surface area contributed by atoms with Crippen LogP contribution in [0.25, 0.3) is 11.1 Å². The van der Waals surface area contributed by atoms with Crippen LogP contribution >= 0.6 is 23.4 Å².